The van der Waals surface area contributed by atoms with Gasteiger partial charge in [0, 0.05) is 48.9 Å². The Kier molecular flexibility index (Phi) is 7.32. The molecule has 1 fully saturated rings. The molecule has 32 heavy (non-hydrogen) atoms. The molecule has 0 aromatic heterocycles. The lowest BCUT2D eigenvalue weighted by atomic mass is 10.0. The van der Waals surface area contributed by atoms with E-state index in [1.165, 1.54) is 5.56 Å². The van der Waals surface area contributed by atoms with Gasteiger partial charge in [-0.05, 0) is 23.8 Å². The van der Waals surface area contributed by atoms with E-state index in [-0.39, 0.29) is 11.7 Å². The van der Waals surface area contributed by atoms with Crippen molar-refractivity contribution in [3.63, 3.8) is 0 Å². The molecule has 0 unspecified atom stereocenters. The Morgan fingerprint density at radius 1 is 0.812 bits per heavy atom. The summed E-state index contributed by atoms with van der Waals surface area (Å²) in [6, 6.07) is 24.4. The van der Waals surface area contributed by atoms with E-state index in [0.29, 0.717) is 28.4 Å². The zero-order valence-corrected chi connectivity index (χ0v) is 18.6. The molecule has 1 aliphatic rings. The van der Waals surface area contributed by atoms with Crippen molar-refractivity contribution in [1.29, 1.82) is 0 Å². The van der Waals surface area contributed by atoms with Crippen molar-refractivity contribution < 1.29 is 9.59 Å². The second-order valence-corrected chi connectivity index (χ2v) is 8.41. The van der Waals surface area contributed by atoms with Crippen LogP contribution in [0.2, 0.25) is 5.02 Å². The lowest BCUT2D eigenvalue weighted by Crippen LogP contribution is -2.48. The number of nitrogens with one attached hydrogen (secondary N) is 1. The molecule has 0 atom stereocenters. The maximum atomic E-state index is 13.0. The minimum atomic E-state index is -0.169. The molecule has 1 aliphatic heterocycles. The highest BCUT2D eigenvalue weighted by Gasteiger charge is 2.21. The Morgan fingerprint density at radius 3 is 2.12 bits per heavy atom. The summed E-state index contributed by atoms with van der Waals surface area (Å²) < 4.78 is 0. The summed E-state index contributed by atoms with van der Waals surface area (Å²) in [5.41, 5.74) is 2.73. The Morgan fingerprint density at radius 2 is 1.44 bits per heavy atom. The van der Waals surface area contributed by atoms with Crippen molar-refractivity contribution in [2.24, 2.45) is 0 Å². The van der Waals surface area contributed by atoms with Gasteiger partial charge < -0.3 is 5.32 Å². The molecule has 0 spiro atoms. The van der Waals surface area contributed by atoms with Crippen LogP contribution in [0.15, 0.2) is 78.9 Å². The van der Waals surface area contributed by atoms with Gasteiger partial charge in [0.1, 0.15) is 0 Å². The molecule has 1 saturated heterocycles. The average molecular weight is 448 g/mol. The van der Waals surface area contributed by atoms with E-state index in [1.54, 1.807) is 30.3 Å². The van der Waals surface area contributed by atoms with Gasteiger partial charge in [-0.1, -0.05) is 72.3 Å². The number of hydrogen-bond donors (Lipinski definition) is 1. The summed E-state index contributed by atoms with van der Waals surface area (Å²) in [7, 11) is 0. The van der Waals surface area contributed by atoms with Crippen LogP contribution in [0, 0.1) is 0 Å². The first-order valence-corrected chi connectivity index (χ1v) is 11.1. The number of rotatable bonds is 7. The fraction of sp³-hybridized carbons (Fsp3) is 0.231. The van der Waals surface area contributed by atoms with Gasteiger partial charge in [0.25, 0.3) is 0 Å². The van der Waals surface area contributed by atoms with Crippen LogP contribution in [0.1, 0.15) is 21.5 Å². The molecule has 6 heteroatoms. The zero-order chi connectivity index (χ0) is 22.3. The first kappa shape index (κ1) is 22.2. The quantitative estimate of drug-likeness (QED) is 0.548. The van der Waals surface area contributed by atoms with E-state index in [9.17, 15) is 9.59 Å². The largest absolute Gasteiger partial charge is 0.324 e. The SMILES string of the molecule is O=C(CN1CCN(Cc2ccccc2)CC1)Nc1ccc(Cl)cc1C(=O)c1ccccc1. The number of ketones is 1. The third-order valence-corrected chi connectivity index (χ3v) is 5.85. The number of halogens is 1. The number of piperazine rings is 1. The van der Waals surface area contributed by atoms with E-state index in [1.807, 2.05) is 24.3 Å². The highest BCUT2D eigenvalue weighted by Crippen LogP contribution is 2.24. The van der Waals surface area contributed by atoms with Crippen molar-refractivity contribution in [1.82, 2.24) is 9.80 Å². The summed E-state index contributed by atoms with van der Waals surface area (Å²) >= 11 is 6.13. The molecule has 0 saturated carbocycles. The average Bonchev–Trinajstić information content (AvgIpc) is 2.82. The van der Waals surface area contributed by atoms with Gasteiger partial charge in [0.05, 0.1) is 12.2 Å². The molecule has 164 valence electrons. The number of nitrogens with zero attached hydrogens (tertiary/aromatic N) is 2. The van der Waals surface area contributed by atoms with Crippen LogP contribution in [-0.2, 0) is 11.3 Å². The number of carbonyl (C=O) groups excluding carboxylic acids is 2. The highest BCUT2D eigenvalue weighted by atomic mass is 35.5. The molecule has 0 bridgehead atoms. The van der Waals surface area contributed by atoms with Crippen molar-refractivity contribution in [2.45, 2.75) is 6.54 Å². The second-order valence-electron chi connectivity index (χ2n) is 7.97. The molecule has 0 radical (unpaired) electrons. The fourth-order valence-electron chi connectivity index (χ4n) is 3.90. The molecule has 0 aliphatic carbocycles. The van der Waals surface area contributed by atoms with Crippen LogP contribution in [0.5, 0.6) is 0 Å². The minimum absolute atomic E-state index is 0.133. The first-order chi connectivity index (χ1) is 15.6. The Labute approximate surface area is 193 Å². The summed E-state index contributed by atoms with van der Waals surface area (Å²) in [4.78, 5) is 30.2. The van der Waals surface area contributed by atoms with Gasteiger partial charge >= 0.3 is 0 Å². The molecule has 1 amide bonds. The van der Waals surface area contributed by atoms with Gasteiger partial charge in [-0.25, -0.2) is 0 Å². The molecule has 3 aromatic rings. The molecule has 3 aromatic carbocycles. The zero-order valence-electron chi connectivity index (χ0n) is 17.8. The molecular formula is C26H26ClN3O2. The first-order valence-electron chi connectivity index (χ1n) is 10.8. The van der Waals surface area contributed by atoms with Crippen LogP contribution in [0.25, 0.3) is 0 Å². The van der Waals surface area contributed by atoms with Crippen LogP contribution in [-0.4, -0.2) is 54.2 Å². The summed E-state index contributed by atoms with van der Waals surface area (Å²) in [6.45, 7) is 4.71. The van der Waals surface area contributed by atoms with Gasteiger partial charge in [-0.2, -0.15) is 0 Å². The maximum Gasteiger partial charge on any atom is 0.238 e. The lowest BCUT2D eigenvalue weighted by Gasteiger charge is -2.34. The van der Waals surface area contributed by atoms with E-state index in [0.717, 1.165) is 32.7 Å². The summed E-state index contributed by atoms with van der Waals surface area (Å²) in [5.74, 6) is -0.302. The maximum absolute atomic E-state index is 13.0. The highest BCUT2D eigenvalue weighted by molar-refractivity contribution is 6.31. The van der Waals surface area contributed by atoms with Gasteiger partial charge in [-0.15, -0.1) is 0 Å². The number of anilines is 1. The topological polar surface area (TPSA) is 52.7 Å². The molecular weight excluding hydrogens is 422 g/mol. The Bertz CT molecular complexity index is 1060. The third-order valence-electron chi connectivity index (χ3n) is 5.62. The van der Waals surface area contributed by atoms with Crippen LogP contribution >= 0.6 is 11.6 Å². The normalized spacial score (nSPS) is 14.8. The van der Waals surface area contributed by atoms with E-state index in [2.05, 4.69) is 39.4 Å². The molecule has 5 nitrogen and oxygen atoms in total. The number of amides is 1. The summed E-state index contributed by atoms with van der Waals surface area (Å²) in [5, 5.41) is 3.37. The Balaban J connectivity index is 1.34. The summed E-state index contributed by atoms with van der Waals surface area (Å²) in [6.07, 6.45) is 0. The van der Waals surface area contributed by atoms with Gasteiger partial charge in [0.2, 0.25) is 5.91 Å². The minimum Gasteiger partial charge on any atom is -0.324 e. The van der Waals surface area contributed by atoms with Crippen molar-refractivity contribution in [2.75, 3.05) is 38.0 Å². The predicted octanol–water partition coefficient (Wildman–Crippen LogP) is 4.33. The van der Waals surface area contributed by atoms with E-state index < -0.39 is 0 Å². The second kappa shape index (κ2) is 10.6. The van der Waals surface area contributed by atoms with Crippen molar-refractivity contribution in [3.8, 4) is 0 Å². The van der Waals surface area contributed by atoms with Crippen molar-refractivity contribution in [3.05, 3.63) is 101 Å². The Hall–Kier alpha value is -2.99. The molecule has 1 N–H and O–H groups in total. The fourth-order valence-corrected chi connectivity index (χ4v) is 4.07. The van der Waals surface area contributed by atoms with E-state index in [4.69, 9.17) is 11.6 Å². The number of hydrogen-bond acceptors (Lipinski definition) is 4. The number of carbonyl (C=O) groups is 2. The number of benzene rings is 3. The molecule has 4 rings (SSSR count). The van der Waals surface area contributed by atoms with Crippen LogP contribution in [0.3, 0.4) is 0 Å². The monoisotopic (exact) mass is 447 g/mol. The third kappa shape index (κ3) is 5.82. The van der Waals surface area contributed by atoms with Crippen LogP contribution < -0.4 is 5.32 Å². The molecule has 1 heterocycles. The van der Waals surface area contributed by atoms with E-state index >= 15 is 0 Å². The van der Waals surface area contributed by atoms with Gasteiger partial charge in [0.15, 0.2) is 5.78 Å². The van der Waals surface area contributed by atoms with Gasteiger partial charge in [-0.3, -0.25) is 19.4 Å². The lowest BCUT2D eigenvalue weighted by molar-refractivity contribution is -0.117. The van der Waals surface area contributed by atoms with Crippen molar-refractivity contribution >= 4 is 29.0 Å². The predicted molar refractivity (Wildman–Crippen MR) is 128 cm³/mol. The smallest absolute Gasteiger partial charge is 0.238 e. The standard InChI is InChI=1S/C26H26ClN3O2/c27-22-11-12-24(23(17-22)26(32)21-9-5-2-6-10-21)28-25(31)19-30-15-13-29(14-16-30)18-20-7-3-1-4-8-20/h1-12,17H,13-16,18-19H2,(H,28,31). The van der Waals surface area contributed by atoms with Crippen LogP contribution in [0.4, 0.5) is 5.69 Å².